The van der Waals surface area contributed by atoms with Gasteiger partial charge in [0.15, 0.2) is 5.69 Å². The van der Waals surface area contributed by atoms with E-state index in [1.54, 1.807) is 6.92 Å². The minimum absolute atomic E-state index is 0.000961. The van der Waals surface area contributed by atoms with E-state index in [9.17, 15) is 14.7 Å². The molecule has 9 nitrogen and oxygen atoms in total. The molecule has 1 aliphatic rings. The molecule has 0 aliphatic carbocycles. The Labute approximate surface area is 171 Å². The predicted octanol–water partition coefficient (Wildman–Crippen LogP) is 2.53. The van der Waals surface area contributed by atoms with Crippen LogP contribution >= 0.6 is 23.2 Å². The number of carbonyl (C=O) groups is 2. The van der Waals surface area contributed by atoms with Gasteiger partial charge in [-0.1, -0.05) is 23.2 Å². The van der Waals surface area contributed by atoms with Crippen LogP contribution in [-0.4, -0.2) is 58.2 Å². The predicted molar refractivity (Wildman–Crippen MR) is 104 cm³/mol. The maximum atomic E-state index is 12.5. The lowest BCUT2D eigenvalue weighted by Gasteiger charge is -2.33. The Balaban J connectivity index is 1.64. The highest BCUT2D eigenvalue weighted by atomic mass is 35.5. The van der Waals surface area contributed by atoms with Gasteiger partial charge in [0.2, 0.25) is 0 Å². The Hall–Kier alpha value is -2.52. The van der Waals surface area contributed by atoms with Gasteiger partial charge in [-0.15, -0.1) is 0 Å². The van der Waals surface area contributed by atoms with Crippen molar-refractivity contribution in [1.82, 2.24) is 20.3 Å². The van der Waals surface area contributed by atoms with Crippen molar-refractivity contribution < 1.29 is 19.4 Å². The third-order valence-electron chi connectivity index (χ3n) is 4.53. The van der Waals surface area contributed by atoms with Crippen molar-refractivity contribution in [2.75, 3.05) is 25.1 Å². The number of rotatable bonds is 5. The van der Waals surface area contributed by atoms with Gasteiger partial charge in [-0.2, -0.15) is 9.97 Å². The Morgan fingerprint density at radius 2 is 1.96 bits per heavy atom. The lowest BCUT2D eigenvalue weighted by molar-refractivity contribution is 0.0688. The first-order valence-electron chi connectivity index (χ1n) is 8.56. The number of amides is 1. The molecule has 3 N–H and O–H groups in total. The topological polar surface area (TPSA) is 120 Å². The monoisotopic (exact) mass is 427 g/mol. The Bertz CT molecular complexity index is 909. The zero-order valence-corrected chi connectivity index (χ0v) is 16.8. The zero-order chi connectivity index (χ0) is 20.4. The second-order valence-corrected chi connectivity index (χ2v) is 7.15. The molecule has 2 aromatic rings. The second kappa shape index (κ2) is 8.24. The summed E-state index contributed by atoms with van der Waals surface area (Å²) in [6, 6.07) is 1.36. The van der Waals surface area contributed by atoms with Gasteiger partial charge < -0.3 is 25.0 Å². The van der Waals surface area contributed by atoms with Gasteiger partial charge in [-0.25, -0.2) is 4.79 Å². The van der Waals surface area contributed by atoms with Gasteiger partial charge >= 0.3 is 12.0 Å². The number of piperidine rings is 1. The number of carboxylic acid groups (broad SMARTS) is 1. The van der Waals surface area contributed by atoms with E-state index in [1.807, 2.05) is 4.90 Å². The molecule has 2 aromatic heterocycles. The minimum Gasteiger partial charge on any atom is -0.477 e. The first kappa shape index (κ1) is 20.2. The van der Waals surface area contributed by atoms with Gasteiger partial charge in [-0.05, 0) is 19.8 Å². The van der Waals surface area contributed by atoms with E-state index in [4.69, 9.17) is 27.9 Å². The zero-order valence-electron chi connectivity index (χ0n) is 15.3. The van der Waals surface area contributed by atoms with Crippen LogP contribution in [0.25, 0.3) is 0 Å². The quantitative estimate of drug-likeness (QED) is 0.669. The van der Waals surface area contributed by atoms with Crippen molar-refractivity contribution in [2.24, 2.45) is 0 Å². The molecule has 3 heterocycles. The number of anilines is 1. The number of carbonyl (C=O) groups excluding carboxylic acids is 1. The van der Waals surface area contributed by atoms with Gasteiger partial charge in [0.05, 0.1) is 17.2 Å². The number of aromatic amines is 1. The van der Waals surface area contributed by atoms with Gasteiger partial charge in [-0.3, -0.25) is 4.79 Å². The molecule has 28 heavy (non-hydrogen) atoms. The van der Waals surface area contributed by atoms with E-state index in [1.165, 1.54) is 13.2 Å². The van der Waals surface area contributed by atoms with Crippen LogP contribution in [0.1, 0.15) is 39.5 Å². The van der Waals surface area contributed by atoms with Crippen molar-refractivity contribution in [3.63, 3.8) is 0 Å². The van der Waals surface area contributed by atoms with E-state index in [-0.39, 0.29) is 34.4 Å². The van der Waals surface area contributed by atoms with Crippen LogP contribution in [0.4, 0.5) is 5.82 Å². The number of nitrogens with zero attached hydrogens (tertiary/aromatic N) is 3. The van der Waals surface area contributed by atoms with Crippen molar-refractivity contribution in [3.8, 4) is 6.01 Å². The molecule has 0 saturated carbocycles. The summed E-state index contributed by atoms with van der Waals surface area (Å²) in [5.74, 6) is -0.986. The highest BCUT2D eigenvalue weighted by molar-refractivity contribution is 6.44. The summed E-state index contributed by atoms with van der Waals surface area (Å²) < 4.78 is 4.99. The third-order valence-corrected chi connectivity index (χ3v) is 5.48. The molecule has 0 unspecified atom stereocenters. The number of aromatic carboxylic acids is 1. The number of hydrogen-bond donors (Lipinski definition) is 3. The smallest absolute Gasteiger partial charge is 0.354 e. The molecular formula is C17H19Cl2N5O4. The molecule has 0 aromatic carbocycles. The van der Waals surface area contributed by atoms with Crippen LogP contribution in [-0.2, 0) is 0 Å². The number of hydrogen-bond acceptors (Lipinski definition) is 6. The SMILES string of the molecule is COc1nc(C(=O)O)cc(N2CCC(NC(=O)c3[nH]c(C)c(Cl)c3Cl)CC2)n1. The molecular weight excluding hydrogens is 409 g/mol. The number of aromatic nitrogens is 3. The van der Waals surface area contributed by atoms with Crippen molar-refractivity contribution in [3.05, 3.63) is 33.2 Å². The number of H-pyrrole nitrogens is 1. The maximum Gasteiger partial charge on any atom is 0.354 e. The van der Waals surface area contributed by atoms with Crippen LogP contribution in [0.3, 0.4) is 0 Å². The number of methoxy groups -OCH3 is 1. The molecule has 1 fully saturated rings. The van der Waals surface area contributed by atoms with Crippen molar-refractivity contribution in [1.29, 1.82) is 0 Å². The summed E-state index contributed by atoms with van der Waals surface area (Å²) in [6.07, 6.45) is 1.32. The molecule has 0 radical (unpaired) electrons. The average molecular weight is 428 g/mol. The highest BCUT2D eigenvalue weighted by Gasteiger charge is 2.25. The molecule has 0 spiro atoms. The summed E-state index contributed by atoms with van der Waals surface area (Å²) >= 11 is 12.1. The molecule has 0 atom stereocenters. The number of ether oxygens (including phenoxy) is 1. The van der Waals surface area contributed by atoms with E-state index in [0.717, 1.165) is 0 Å². The number of aryl methyl sites for hydroxylation is 1. The van der Waals surface area contributed by atoms with Crippen molar-refractivity contribution >= 4 is 40.9 Å². The molecule has 1 amide bonds. The Kier molecular flexibility index (Phi) is 5.95. The Morgan fingerprint density at radius 3 is 2.50 bits per heavy atom. The van der Waals surface area contributed by atoms with Gasteiger partial charge in [0, 0.05) is 30.9 Å². The summed E-state index contributed by atoms with van der Waals surface area (Å²) in [7, 11) is 1.38. The van der Waals surface area contributed by atoms with Crippen LogP contribution in [0.2, 0.25) is 10.0 Å². The van der Waals surface area contributed by atoms with E-state index in [0.29, 0.717) is 42.5 Å². The number of nitrogens with one attached hydrogen (secondary N) is 2. The normalized spacial score (nSPS) is 14.8. The van der Waals surface area contributed by atoms with Crippen LogP contribution in [0, 0.1) is 6.92 Å². The minimum atomic E-state index is -1.15. The molecule has 1 aliphatic heterocycles. The van der Waals surface area contributed by atoms with Crippen LogP contribution < -0.4 is 15.0 Å². The fourth-order valence-corrected chi connectivity index (χ4v) is 3.43. The molecule has 11 heteroatoms. The first-order valence-corrected chi connectivity index (χ1v) is 9.31. The molecule has 1 saturated heterocycles. The number of halogens is 2. The average Bonchev–Trinajstić information content (AvgIpc) is 2.95. The lowest BCUT2D eigenvalue weighted by atomic mass is 10.0. The fourth-order valence-electron chi connectivity index (χ4n) is 3.01. The number of carboxylic acids is 1. The molecule has 150 valence electrons. The highest BCUT2D eigenvalue weighted by Crippen LogP contribution is 2.29. The van der Waals surface area contributed by atoms with E-state index >= 15 is 0 Å². The van der Waals surface area contributed by atoms with E-state index in [2.05, 4.69) is 20.3 Å². The Morgan fingerprint density at radius 1 is 1.29 bits per heavy atom. The summed E-state index contributed by atoms with van der Waals surface area (Å²) in [5, 5.41) is 12.7. The molecule has 3 rings (SSSR count). The summed E-state index contributed by atoms with van der Waals surface area (Å²) in [4.78, 5) is 36.5. The third kappa shape index (κ3) is 4.15. The largest absolute Gasteiger partial charge is 0.477 e. The summed E-state index contributed by atoms with van der Waals surface area (Å²) in [5.41, 5.74) is 0.753. The summed E-state index contributed by atoms with van der Waals surface area (Å²) in [6.45, 7) is 2.91. The van der Waals surface area contributed by atoms with Gasteiger partial charge in [0.25, 0.3) is 5.91 Å². The lowest BCUT2D eigenvalue weighted by Crippen LogP contribution is -2.45. The second-order valence-electron chi connectivity index (χ2n) is 6.39. The standard InChI is InChI=1S/C17H19Cl2N5O4/c1-8-12(18)13(19)14(20-8)15(25)21-9-3-5-24(6-4-9)11-7-10(16(26)27)22-17(23-11)28-2/h7,9,20H,3-6H2,1-2H3,(H,21,25)(H,26,27). The van der Waals surface area contributed by atoms with Gasteiger partial charge in [0.1, 0.15) is 11.5 Å². The van der Waals surface area contributed by atoms with Crippen LogP contribution in [0.5, 0.6) is 6.01 Å². The fraction of sp³-hybridized carbons (Fsp3) is 0.412. The van der Waals surface area contributed by atoms with E-state index < -0.39 is 5.97 Å². The van der Waals surface area contributed by atoms with Crippen molar-refractivity contribution in [2.45, 2.75) is 25.8 Å². The maximum absolute atomic E-state index is 12.5. The van der Waals surface area contributed by atoms with Crippen LogP contribution in [0.15, 0.2) is 6.07 Å². The molecule has 0 bridgehead atoms. The first-order chi connectivity index (χ1) is 13.3.